The Morgan fingerprint density at radius 3 is 1.40 bits per heavy atom. The van der Waals surface area contributed by atoms with Crippen molar-refractivity contribution in [2.75, 3.05) is 0 Å². The van der Waals surface area contributed by atoms with E-state index in [1.165, 1.54) is 32.6 Å². The largest absolute Gasteiger partial charge is 0.309 e. The number of rotatable bonds is 6. The van der Waals surface area contributed by atoms with Crippen LogP contribution in [0.5, 0.6) is 0 Å². The zero-order valence-electron chi connectivity index (χ0n) is 34.0. The third kappa shape index (κ3) is 5.41. The Morgan fingerprint density at radius 2 is 0.746 bits per heavy atom. The molecule has 6 heteroatoms. The smallest absolute Gasteiger partial charge is 0.166 e. The fraction of sp³-hybridized carbons (Fsp3) is 0. The lowest BCUT2D eigenvalue weighted by Gasteiger charge is -2.12. The molecule has 0 atom stereocenters. The highest BCUT2D eigenvalue weighted by Crippen LogP contribution is 2.45. The molecule has 0 saturated heterocycles. The fourth-order valence-electron chi connectivity index (χ4n) is 9.78. The van der Waals surface area contributed by atoms with Crippen LogP contribution in [-0.2, 0) is 0 Å². The first-order valence-electron chi connectivity index (χ1n) is 21.3. The molecular weight excluding hydrogens is 769 g/mol. The van der Waals surface area contributed by atoms with E-state index in [-0.39, 0.29) is 0 Å². The van der Waals surface area contributed by atoms with E-state index >= 15 is 0 Å². The quantitative estimate of drug-likeness (QED) is 0.168. The van der Waals surface area contributed by atoms with Gasteiger partial charge in [-0.25, -0.2) is 15.0 Å². The highest BCUT2D eigenvalue weighted by Gasteiger charge is 2.25. The summed E-state index contributed by atoms with van der Waals surface area (Å²) < 4.78 is 7.25. The molecule has 0 fully saturated rings. The maximum absolute atomic E-state index is 5.25. The molecule has 13 rings (SSSR count). The molecular formula is C57H36N6. The van der Waals surface area contributed by atoms with Crippen molar-refractivity contribution in [3.05, 3.63) is 218 Å². The van der Waals surface area contributed by atoms with Gasteiger partial charge in [0.1, 0.15) is 0 Å². The second-order valence-electron chi connectivity index (χ2n) is 16.0. The van der Waals surface area contributed by atoms with Crippen molar-refractivity contribution in [2.45, 2.75) is 0 Å². The van der Waals surface area contributed by atoms with E-state index in [0.29, 0.717) is 17.5 Å². The van der Waals surface area contributed by atoms with Gasteiger partial charge in [0, 0.05) is 66.1 Å². The summed E-state index contributed by atoms with van der Waals surface area (Å²) in [5.41, 5.74) is 12.9. The van der Waals surface area contributed by atoms with Crippen molar-refractivity contribution < 1.29 is 0 Å². The lowest BCUT2D eigenvalue weighted by Crippen LogP contribution is -2.02. The van der Waals surface area contributed by atoms with Gasteiger partial charge in [0.25, 0.3) is 0 Å². The lowest BCUT2D eigenvalue weighted by molar-refractivity contribution is 1.07. The van der Waals surface area contributed by atoms with E-state index in [1.54, 1.807) is 0 Å². The van der Waals surface area contributed by atoms with E-state index < -0.39 is 0 Å². The Labute approximate surface area is 362 Å². The van der Waals surface area contributed by atoms with Crippen LogP contribution in [0.1, 0.15) is 0 Å². The second kappa shape index (κ2) is 14.0. The average molecular weight is 805 g/mol. The zero-order valence-corrected chi connectivity index (χ0v) is 34.0. The molecule has 63 heavy (non-hydrogen) atoms. The average Bonchev–Trinajstić information content (AvgIpc) is 4.00. The molecule has 0 radical (unpaired) electrons. The number of hydrogen-bond donors (Lipinski definition) is 0. The predicted molar refractivity (Wildman–Crippen MR) is 259 cm³/mol. The van der Waals surface area contributed by atoms with Crippen LogP contribution in [0.2, 0.25) is 0 Å². The number of benzene rings is 9. The van der Waals surface area contributed by atoms with Gasteiger partial charge in [0.05, 0.1) is 33.1 Å². The Bertz CT molecular complexity index is 3830. The first kappa shape index (κ1) is 35.2. The van der Waals surface area contributed by atoms with Gasteiger partial charge in [0.2, 0.25) is 0 Å². The summed E-state index contributed by atoms with van der Waals surface area (Å²) in [6.45, 7) is 0. The molecule has 0 unspecified atom stereocenters. The summed E-state index contributed by atoms with van der Waals surface area (Å²) >= 11 is 0. The summed E-state index contributed by atoms with van der Waals surface area (Å²) in [7, 11) is 0. The van der Waals surface area contributed by atoms with Crippen molar-refractivity contribution in [1.82, 2.24) is 28.7 Å². The van der Waals surface area contributed by atoms with Gasteiger partial charge in [-0.1, -0.05) is 152 Å². The summed E-state index contributed by atoms with van der Waals surface area (Å²) in [5.74, 6) is 1.88. The molecule has 9 aromatic carbocycles. The highest BCUT2D eigenvalue weighted by molar-refractivity contribution is 6.27. The van der Waals surface area contributed by atoms with Crippen LogP contribution in [0.4, 0.5) is 0 Å². The first-order chi connectivity index (χ1) is 31.3. The SMILES string of the molecule is c1ccc(-c2nc(-c3ccccc3)nc(-c3cccc4c5c(ccc6c7ccccc7n(-c7ccc8c(c7)c7ccccc7n8-c7ccccc7)c65)n(-c5ccccc5)c34)n2)cc1. The normalized spacial score (nSPS) is 11.8. The third-order valence-electron chi connectivity index (χ3n) is 12.5. The van der Waals surface area contributed by atoms with E-state index in [9.17, 15) is 0 Å². The Balaban J connectivity index is 1.14. The van der Waals surface area contributed by atoms with E-state index in [4.69, 9.17) is 15.0 Å². The zero-order chi connectivity index (χ0) is 41.4. The Hall–Kier alpha value is -8.61. The van der Waals surface area contributed by atoms with Crippen LogP contribution in [0.25, 0.3) is 117 Å². The standard InChI is InChI=1S/C57H36N6/c1-5-18-37(19-6-1)55-58-56(38-20-7-2-8-21-38)60-57(59-55)46-29-17-28-45-52-51(62(53(45)46)40-24-11-4-12-25-40)35-33-44-42-26-13-16-31-49(42)63(54(44)52)41-32-34-50-47(36-41)43-27-14-15-30-48(43)61(50)39-22-9-3-10-23-39/h1-36H. The molecule has 0 amide bonds. The van der Waals surface area contributed by atoms with Crippen LogP contribution >= 0.6 is 0 Å². The summed E-state index contributed by atoms with van der Waals surface area (Å²) in [6, 6.07) is 77.3. The van der Waals surface area contributed by atoms with Gasteiger partial charge >= 0.3 is 0 Å². The second-order valence-corrected chi connectivity index (χ2v) is 16.0. The van der Waals surface area contributed by atoms with Crippen LogP contribution in [0.3, 0.4) is 0 Å². The molecule has 4 aromatic heterocycles. The van der Waals surface area contributed by atoms with Crippen LogP contribution < -0.4 is 0 Å². The highest BCUT2D eigenvalue weighted by atomic mass is 15.1. The minimum absolute atomic E-state index is 0.616. The first-order valence-corrected chi connectivity index (χ1v) is 21.3. The van der Waals surface area contributed by atoms with Gasteiger partial charge in [-0.15, -0.1) is 0 Å². The molecule has 294 valence electrons. The van der Waals surface area contributed by atoms with Crippen molar-refractivity contribution in [2.24, 2.45) is 0 Å². The predicted octanol–water partition coefficient (Wildman–Crippen LogP) is 14.2. The fourth-order valence-corrected chi connectivity index (χ4v) is 9.78. The lowest BCUT2D eigenvalue weighted by atomic mass is 10.1. The van der Waals surface area contributed by atoms with Gasteiger partial charge < -0.3 is 13.7 Å². The molecule has 0 aliphatic carbocycles. The molecule has 0 saturated carbocycles. The third-order valence-corrected chi connectivity index (χ3v) is 12.5. The maximum Gasteiger partial charge on any atom is 0.166 e. The minimum Gasteiger partial charge on any atom is -0.309 e. The summed E-state index contributed by atoms with van der Waals surface area (Å²) in [5, 5.41) is 7.10. The van der Waals surface area contributed by atoms with E-state index in [2.05, 4.69) is 196 Å². The topological polar surface area (TPSA) is 53.5 Å². The molecule has 0 N–H and O–H groups in total. The number of aromatic nitrogens is 6. The number of nitrogens with zero attached hydrogens (tertiary/aromatic N) is 6. The van der Waals surface area contributed by atoms with Crippen LogP contribution in [0.15, 0.2) is 218 Å². The Kier molecular flexibility index (Phi) is 7.80. The Morgan fingerprint density at radius 1 is 0.270 bits per heavy atom. The molecule has 4 heterocycles. The summed E-state index contributed by atoms with van der Waals surface area (Å²) in [4.78, 5) is 15.5. The van der Waals surface area contributed by atoms with Crippen molar-refractivity contribution >= 4 is 65.4 Å². The number of hydrogen-bond acceptors (Lipinski definition) is 3. The van der Waals surface area contributed by atoms with Gasteiger partial charge in [-0.2, -0.15) is 0 Å². The molecule has 0 spiro atoms. The maximum atomic E-state index is 5.25. The molecule has 13 aromatic rings. The monoisotopic (exact) mass is 804 g/mol. The molecule has 0 bridgehead atoms. The van der Waals surface area contributed by atoms with Gasteiger partial charge in [-0.3, -0.25) is 0 Å². The van der Waals surface area contributed by atoms with Gasteiger partial charge in [0.15, 0.2) is 17.5 Å². The van der Waals surface area contributed by atoms with Crippen molar-refractivity contribution in [3.8, 4) is 51.2 Å². The van der Waals surface area contributed by atoms with Crippen molar-refractivity contribution in [3.63, 3.8) is 0 Å². The van der Waals surface area contributed by atoms with Crippen molar-refractivity contribution in [1.29, 1.82) is 0 Å². The van der Waals surface area contributed by atoms with Crippen LogP contribution in [0, 0.1) is 0 Å². The van der Waals surface area contributed by atoms with E-state index in [1.807, 2.05) is 36.4 Å². The van der Waals surface area contributed by atoms with Gasteiger partial charge in [-0.05, 0) is 66.7 Å². The number of para-hydroxylation sites is 5. The number of fused-ring (bicyclic) bond motifs is 10. The summed E-state index contributed by atoms with van der Waals surface area (Å²) in [6.07, 6.45) is 0. The van der Waals surface area contributed by atoms with E-state index in [0.717, 1.165) is 66.6 Å². The van der Waals surface area contributed by atoms with Crippen LogP contribution in [-0.4, -0.2) is 28.7 Å². The molecule has 6 nitrogen and oxygen atoms in total. The minimum atomic E-state index is 0.616. The molecule has 0 aliphatic rings. The molecule has 0 aliphatic heterocycles.